The number of anilines is 1. The number of unbranched alkanes of at least 4 members (excludes halogenated alkanes) is 2. The Hall–Kier alpha value is -2.32. The number of carbonyl (C=O) groups is 1. The van der Waals surface area contributed by atoms with E-state index in [0.717, 1.165) is 67.2 Å². The van der Waals surface area contributed by atoms with Crippen LogP contribution in [0.3, 0.4) is 0 Å². The summed E-state index contributed by atoms with van der Waals surface area (Å²) in [5.41, 5.74) is 5.12. The second-order valence-corrected chi connectivity index (χ2v) is 12.5. The summed E-state index contributed by atoms with van der Waals surface area (Å²) in [5, 5.41) is 2.42. The van der Waals surface area contributed by atoms with E-state index in [1.165, 1.54) is 25.3 Å². The molecule has 0 radical (unpaired) electrons. The highest BCUT2D eigenvalue weighted by atomic mass is 35.5. The van der Waals surface area contributed by atoms with Crippen LogP contribution < -0.4 is 16.6 Å². The second kappa shape index (κ2) is 15.1. The standard InChI is InChI=1S/C29H38ClF3N4O2S/c1-18-22(23(18)11-12-36(2)3)8-6-4-5-7-19(15-34)9-10-20-13-25(40-27(20)30)28(38)35-21-14-24(31)29(39)37(16-21)17-26(32)33/h13-14,16,18-19,22-23,26H,4-8,11-12,15,17,34H2,1-3H3,(H,35,38). The minimum absolute atomic E-state index is 0.0137. The van der Waals surface area contributed by atoms with Crippen molar-refractivity contribution in [1.82, 2.24) is 9.47 Å². The van der Waals surface area contributed by atoms with Crippen LogP contribution in [0, 0.1) is 41.3 Å². The van der Waals surface area contributed by atoms with E-state index in [9.17, 15) is 22.8 Å². The van der Waals surface area contributed by atoms with Gasteiger partial charge in [0.2, 0.25) is 0 Å². The minimum atomic E-state index is -2.85. The molecule has 2 aromatic rings. The van der Waals surface area contributed by atoms with Gasteiger partial charge in [0.1, 0.15) is 4.34 Å². The van der Waals surface area contributed by atoms with Gasteiger partial charge in [-0.1, -0.05) is 49.6 Å². The molecule has 6 nitrogen and oxygen atoms in total. The molecule has 0 saturated heterocycles. The number of amides is 1. The van der Waals surface area contributed by atoms with Gasteiger partial charge in [-0.05, 0) is 63.7 Å². The number of aromatic nitrogens is 1. The van der Waals surface area contributed by atoms with Gasteiger partial charge in [0, 0.05) is 24.7 Å². The Morgan fingerprint density at radius 3 is 2.62 bits per heavy atom. The van der Waals surface area contributed by atoms with Crippen LogP contribution in [0.4, 0.5) is 18.9 Å². The lowest BCUT2D eigenvalue weighted by atomic mass is 10.00. The minimum Gasteiger partial charge on any atom is -0.329 e. The van der Waals surface area contributed by atoms with Crippen LogP contribution in [0.2, 0.25) is 4.34 Å². The molecule has 4 atom stereocenters. The zero-order valence-electron chi connectivity index (χ0n) is 23.2. The molecule has 0 aromatic carbocycles. The van der Waals surface area contributed by atoms with Crippen LogP contribution in [0.25, 0.3) is 0 Å². The number of pyridine rings is 1. The molecule has 40 heavy (non-hydrogen) atoms. The Balaban J connectivity index is 1.49. The number of hydrogen-bond donors (Lipinski definition) is 2. The summed E-state index contributed by atoms with van der Waals surface area (Å²) in [6, 6.07) is 2.32. The SMILES string of the molecule is CC1C(CCCCCC(C#Cc2cc(C(=O)Nc3cc(F)c(=O)n(CC(F)F)c3)sc2Cl)CN)C1CCN(C)C. The highest BCUT2D eigenvalue weighted by Gasteiger charge is 2.44. The predicted octanol–water partition coefficient (Wildman–Crippen LogP) is 5.93. The maximum atomic E-state index is 13.9. The predicted molar refractivity (Wildman–Crippen MR) is 156 cm³/mol. The zero-order valence-corrected chi connectivity index (χ0v) is 24.8. The number of nitrogens with two attached hydrogens (primary N) is 1. The first kappa shape index (κ1) is 32.2. The molecule has 4 unspecified atom stereocenters. The molecule has 1 saturated carbocycles. The number of alkyl halides is 2. The van der Waals surface area contributed by atoms with Crippen molar-refractivity contribution in [3.8, 4) is 11.8 Å². The highest BCUT2D eigenvalue weighted by molar-refractivity contribution is 7.18. The van der Waals surface area contributed by atoms with Gasteiger partial charge >= 0.3 is 0 Å². The van der Waals surface area contributed by atoms with Crippen molar-refractivity contribution in [2.75, 3.05) is 32.5 Å². The first-order chi connectivity index (χ1) is 19.0. The summed E-state index contributed by atoms with van der Waals surface area (Å²) in [5.74, 6) is 6.93. The van der Waals surface area contributed by atoms with E-state index < -0.39 is 30.3 Å². The average molecular weight is 599 g/mol. The Morgan fingerprint density at radius 1 is 1.23 bits per heavy atom. The smallest absolute Gasteiger partial charge is 0.286 e. The molecule has 0 aliphatic heterocycles. The Bertz CT molecular complexity index is 1270. The van der Waals surface area contributed by atoms with Crippen LogP contribution in [0.5, 0.6) is 0 Å². The maximum absolute atomic E-state index is 13.9. The maximum Gasteiger partial charge on any atom is 0.286 e. The molecule has 220 valence electrons. The van der Waals surface area contributed by atoms with Gasteiger partial charge in [-0.3, -0.25) is 9.59 Å². The lowest BCUT2D eigenvalue weighted by Crippen LogP contribution is -2.26. The lowest BCUT2D eigenvalue weighted by molar-refractivity contribution is 0.103. The largest absolute Gasteiger partial charge is 0.329 e. The quantitative estimate of drug-likeness (QED) is 0.209. The molecule has 3 N–H and O–H groups in total. The van der Waals surface area contributed by atoms with E-state index in [-0.39, 0.29) is 16.5 Å². The first-order valence-corrected chi connectivity index (χ1v) is 14.8. The van der Waals surface area contributed by atoms with Gasteiger partial charge < -0.3 is 20.5 Å². The molecule has 2 aromatic heterocycles. The van der Waals surface area contributed by atoms with Crippen molar-refractivity contribution in [3.63, 3.8) is 0 Å². The van der Waals surface area contributed by atoms with Crippen LogP contribution in [-0.2, 0) is 6.54 Å². The van der Waals surface area contributed by atoms with E-state index in [2.05, 4.69) is 43.1 Å². The number of carbonyl (C=O) groups excluding carboxylic acids is 1. The molecule has 1 amide bonds. The van der Waals surface area contributed by atoms with Crippen LogP contribution in [-0.4, -0.2) is 49.0 Å². The second-order valence-electron chi connectivity index (χ2n) is 10.8. The fourth-order valence-corrected chi connectivity index (χ4v) is 6.17. The number of rotatable bonds is 14. The first-order valence-electron chi connectivity index (χ1n) is 13.6. The molecule has 3 rings (SSSR count). The van der Waals surface area contributed by atoms with Crippen LogP contribution >= 0.6 is 22.9 Å². The summed E-state index contributed by atoms with van der Waals surface area (Å²) < 4.78 is 40.1. The number of halogens is 4. The lowest BCUT2D eigenvalue weighted by Gasteiger charge is -2.09. The fourth-order valence-electron chi connectivity index (χ4n) is 5.08. The van der Waals surface area contributed by atoms with E-state index in [4.69, 9.17) is 17.3 Å². The summed E-state index contributed by atoms with van der Waals surface area (Å²) in [6.45, 7) is 2.97. The molecular weight excluding hydrogens is 561 g/mol. The van der Waals surface area contributed by atoms with Gasteiger partial charge in [0.05, 0.1) is 22.7 Å². The van der Waals surface area contributed by atoms with Crippen molar-refractivity contribution in [1.29, 1.82) is 0 Å². The van der Waals surface area contributed by atoms with Gasteiger partial charge in [-0.15, -0.1) is 11.3 Å². The molecule has 0 spiro atoms. The van der Waals surface area contributed by atoms with Crippen molar-refractivity contribution in [2.24, 2.45) is 29.4 Å². The van der Waals surface area contributed by atoms with Gasteiger partial charge in [0.25, 0.3) is 17.9 Å². The van der Waals surface area contributed by atoms with E-state index in [0.29, 0.717) is 21.0 Å². The highest BCUT2D eigenvalue weighted by Crippen LogP contribution is 2.51. The Morgan fingerprint density at radius 2 is 1.95 bits per heavy atom. The van der Waals surface area contributed by atoms with Gasteiger partial charge in [-0.2, -0.15) is 0 Å². The summed E-state index contributed by atoms with van der Waals surface area (Å²) in [4.78, 5) is 26.8. The molecular formula is C29H38ClF3N4O2S. The normalized spacial score (nSPS) is 19.0. The van der Waals surface area contributed by atoms with E-state index >= 15 is 0 Å². The summed E-state index contributed by atoms with van der Waals surface area (Å²) in [6.07, 6.45) is 5.01. The number of nitrogens with zero attached hydrogens (tertiary/aromatic N) is 2. The summed E-state index contributed by atoms with van der Waals surface area (Å²) >= 11 is 7.30. The third-order valence-corrected chi connectivity index (χ3v) is 8.86. The number of nitrogens with one attached hydrogen (secondary N) is 1. The number of hydrogen-bond acceptors (Lipinski definition) is 5. The molecule has 2 heterocycles. The van der Waals surface area contributed by atoms with Crippen molar-refractivity contribution in [3.05, 3.63) is 49.3 Å². The van der Waals surface area contributed by atoms with Gasteiger partial charge in [-0.25, -0.2) is 13.2 Å². The molecule has 1 fully saturated rings. The number of thiophene rings is 1. The third kappa shape index (κ3) is 9.37. The third-order valence-electron chi connectivity index (χ3n) is 7.50. The van der Waals surface area contributed by atoms with E-state index in [1.807, 2.05) is 0 Å². The molecule has 0 bridgehead atoms. The van der Waals surface area contributed by atoms with Crippen LogP contribution in [0.15, 0.2) is 23.1 Å². The molecule has 1 aliphatic rings. The van der Waals surface area contributed by atoms with Crippen LogP contribution in [0.1, 0.15) is 60.7 Å². The summed E-state index contributed by atoms with van der Waals surface area (Å²) in [7, 11) is 4.25. The van der Waals surface area contributed by atoms with Crippen molar-refractivity contribution >= 4 is 34.5 Å². The van der Waals surface area contributed by atoms with Crippen molar-refractivity contribution in [2.45, 2.75) is 58.4 Å². The van der Waals surface area contributed by atoms with Gasteiger partial charge in [0.15, 0.2) is 5.82 Å². The fraction of sp³-hybridized carbons (Fsp3) is 0.586. The molecule has 11 heteroatoms. The zero-order chi connectivity index (χ0) is 29.4. The van der Waals surface area contributed by atoms with Crippen molar-refractivity contribution < 1.29 is 18.0 Å². The van der Waals surface area contributed by atoms with E-state index in [1.54, 1.807) is 0 Å². The Labute approximate surface area is 243 Å². The Kier molecular flexibility index (Phi) is 12.1. The monoisotopic (exact) mass is 598 g/mol. The topological polar surface area (TPSA) is 80.4 Å². The molecule has 1 aliphatic carbocycles. The average Bonchev–Trinajstić information content (AvgIpc) is 3.33.